The summed E-state index contributed by atoms with van der Waals surface area (Å²) in [6.45, 7) is 7.89. The number of benzene rings is 1. The topological polar surface area (TPSA) is 133 Å². The zero-order valence-corrected chi connectivity index (χ0v) is 20.4. The molecule has 3 aromatic rings. The van der Waals surface area contributed by atoms with Crippen LogP contribution in [0.3, 0.4) is 0 Å². The fourth-order valence-corrected chi connectivity index (χ4v) is 3.39. The van der Waals surface area contributed by atoms with E-state index in [-0.39, 0.29) is 37.5 Å². The highest BCUT2D eigenvalue weighted by Gasteiger charge is 2.24. The third kappa shape index (κ3) is 8.97. The van der Waals surface area contributed by atoms with Gasteiger partial charge in [-0.15, -0.1) is 0 Å². The maximum atomic E-state index is 11.9. The van der Waals surface area contributed by atoms with Crippen LogP contribution in [-0.4, -0.2) is 66.0 Å². The molecule has 0 aliphatic rings. The first-order valence-electron chi connectivity index (χ1n) is 11.0. The van der Waals surface area contributed by atoms with Crippen LogP contribution < -0.4 is 10.6 Å². The second-order valence-electron chi connectivity index (χ2n) is 7.75. The molecule has 1 unspecified atom stereocenters. The monoisotopic (exact) mass is 477 g/mol. The molecule has 0 saturated carbocycles. The molecule has 1 atom stereocenters. The maximum Gasteiger partial charge on any atom is 0.264 e. The first kappa shape index (κ1) is 24.9. The van der Waals surface area contributed by atoms with Gasteiger partial charge in [0.15, 0.2) is 5.65 Å². The molecule has 0 bridgehead atoms. The van der Waals surface area contributed by atoms with E-state index in [9.17, 15) is 8.42 Å². The first-order chi connectivity index (χ1) is 16.0. The fraction of sp³-hybridized carbons (Fsp3) is 0.455. The van der Waals surface area contributed by atoms with E-state index in [1.165, 1.54) is 12.4 Å². The number of aromatic nitrogens is 4. The minimum Gasteiger partial charge on any atom is -0.377 e. The van der Waals surface area contributed by atoms with Crippen LogP contribution in [0.2, 0.25) is 0 Å². The Kier molecular flexibility index (Phi) is 9.01. The third-order valence-corrected chi connectivity index (χ3v) is 4.58. The average molecular weight is 478 g/mol. The number of nitrogens with zero attached hydrogens (tertiary/aromatic N) is 5. The van der Waals surface area contributed by atoms with E-state index in [1.54, 1.807) is 18.7 Å². The van der Waals surface area contributed by atoms with Crippen molar-refractivity contribution in [1.29, 1.82) is 0 Å². The normalized spacial score (nSPS) is 13.1. The quantitative estimate of drug-likeness (QED) is 0.434. The molecule has 0 aliphatic heterocycles. The van der Waals surface area contributed by atoms with Gasteiger partial charge in [0.05, 0.1) is 33.6 Å². The van der Waals surface area contributed by atoms with E-state index in [0.29, 0.717) is 11.2 Å². The number of fused-ring (bicyclic) bond motifs is 1. The summed E-state index contributed by atoms with van der Waals surface area (Å²) < 4.78 is 42.4. The molecule has 2 heterocycles. The summed E-state index contributed by atoms with van der Waals surface area (Å²) in [6, 6.07) is 9.20. The van der Waals surface area contributed by atoms with Crippen LogP contribution in [0.1, 0.15) is 29.1 Å². The van der Waals surface area contributed by atoms with Gasteiger partial charge in [0.1, 0.15) is 11.6 Å². The van der Waals surface area contributed by atoms with Gasteiger partial charge in [-0.3, -0.25) is 4.18 Å². The highest BCUT2D eigenvalue weighted by Crippen LogP contribution is 2.24. The molecule has 0 radical (unpaired) electrons. The standard InChI is InChI=1S/C20H26N6O4S.C2H6/c1-20(2,21)14-29-13-16(30-31(3,27)28)12-26(15-7-5-4-6-8-15)19-24-11-17-18(25-19)23-10-9-22-17;1-2/h4-11,16H,12-14,21H2,1-3H3;1-2H3/i10D;. The van der Waals surface area contributed by atoms with Crippen LogP contribution in [0.25, 0.3) is 11.2 Å². The largest absolute Gasteiger partial charge is 0.377 e. The van der Waals surface area contributed by atoms with Crippen molar-refractivity contribution in [1.82, 2.24) is 19.9 Å². The van der Waals surface area contributed by atoms with Gasteiger partial charge >= 0.3 is 0 Å². The molecule has 0 fully saturated rings. The number of ether oxygens (including phenoxy) is 1. The number of nitrogens with two attached hydrogens (primary N) is 1. The molecule has 2 N–H and O–H groups in total. The third-order valence-electron chi connectivity index (χ3n) is 3.95. The van der Waals surface area contributed by atoms with Crippen LogP contribution in [0.5, 0.6) is 0 Å². The first-order valence-corrected chi connectivity index (χ1v) is 12.4. The van der Waals surface area contributed by atoms with Crippen molar-refractivity contribution in [3.8, 4) is 0 Å². The minimum atomic E-state index is -3.77. The highest BCUT2D eigenvalue weighted by molar-refractivity contribution is 7.86. The molecule has 0 amide bonds. The molecule has 0 spiro atoms. The lowest BCUT2D eigenvalue weighted by Crippen LogP contribution is -2.41. The second-order valence-corrected chi connectivity index (χ2v) is 9.35. The molecular weight excluding hydrogens is 444 g/mol. The van der Waals surface area contributed by atoms with Crippen LogP contribution in [0.4, 0.5) is 11.6 Å². The van der Waals surface area contributed by atoms with Crippen LogP contribution >= 0.6 is 0 Å². The van der Waals surface area contributed by atoms with E-state index in [0.717, 1.165) is 6.26 Å². The molecule has 10 nitrogen and oxygen atoms in total. The van der Waals surface area contributed by atoms with E-state index in [4.69, 9.17) is 16.0 Å². The van der Waals surface area contributed by atoms with E-state index >= 15 is 0 Å². The zero-order chi connectivity index (χ0) is 25.4. The molecule has 0 saturated heterocycles. The summed E-state index contributed by atoms with van der Waals surface area (Å²) >= 11 is 0. The molecule has 1 aromatic carbocycles. The molecule has 2 aromatic heterocycles. The molecule has 3 rings (SSSR count). The van der Waals surface area contributed by atoms with Crippen LogP contribution in [0.15, 0.2) is 48.9 Å². The maximum absolute atomic E-state index is 11.9. The molecule has 11 heteroatoms. The Hall–Kier alpha value is -2.73. The second kappa shape index (κ2) is 11.9. The SMILES string of the molecule is CC.[2H]c1cnc2cnc(N(CC(COCC(C)(C)N)OS(C)(=O)=O)c3ccccc3)nc2n1. The van der Waals surface area contributed by atoms with Gasteiger partial charge < -0.3 is 15.4 Å². The molecular formula is C22H32N6O4S. The van der Waals surface area contributed by atoms with Gasteiger partial charge in [-0.1, -0.05) is 32.0 Å². The van der Waals surface area contributed by atoms with Crippen molar-refractivity contribution in [2.45, 2.75) is 39.3 Å². The molecule has 33 heavy (non-hydrogen) atoms. The van der Waals surface area contributed by atoms with E-state index < -0.39 is 21.8 Å². The van der Waals surface area contributed by atoms with Gasteiger partial charge in [0.25, 0.3) is 10.1 Å². The van der Waals surface area contributed by atoms with Crippen molar-refractivity contribution in [2.75, 3.05) is 30.9 Å². The lowest BCUT2D eigenvalue weighted by molar-refractivity contribution is 0.0378. The van der Waals surface area contributed by atoms with Gasteiger partial charge in [0.2, 0.25) is 5.95 Å². The number of rotatable bonds is 10. The van der Waals surface area contributed by atoms with Crippen molar-refractivity contribution in [3.63, 3.8) is 0 Å². The minimum absolute atomic E-state index is 0.0126. The lowest BCUT2D eigenvalue weighted by atomic mass is 10.1. The van der Waals surface area contributed by atoms with Gasteiger partial charge in [-0.25, -0.2) is 15.0 Å². The number of anilines is 2. The summed E-state index contributed by atoms with van der Waals surface area (Å²) in [4.78, 5) is 18.7. The van der Waals surface area contributed by atoms with E-state index in [1.807, 2.05) is 44.2 Å². The average Bonchev–Trinajstić information content (AvgIpc) is 2.77. The highest BCUT2D eigenvalue weighted by atomic mass is 32.2. The Bertz CT molecular complexity index is 1160. The van der Waals surface area contributed by atoms with Crippen LogP contribution in [0, 0.1) is 0 Å². The number of hydrogen-bond donors (Lipinski definition) is 1. The number of para-hydroxylation sites is 1. The Morgan fingerprint density at radius 1 is 1.18 bits per heavy atom. The summed E-state index contributed by atoms with van der Waals surface area (Å²) in [5.74, 6) is 0.254. The lowest BCUT2D eigenvalue weighted by Gasteiger charge is -2.28. The number of hydrogen-bond acceptors (Lipinski definition) is 10. The Morgan fingerprint density at radius 2 is 1.88 bits per heavy atom. The zero-order valence-electron chi connectivity index (χ0n) is 20.6. The Labute approximate surface area is 196 Å². The van der Waals surface area contributed by atoms with Crippen molar-refractivity contribution in [3.05, 3.63) is 48.9 Å². The Balaban J connectivity index is 0.00000199. The van der Waals surface area contributed by atoms with Gasteiger partial charge in [-0.05, 0) is 26.0 Å². The van der Waals surface area contributed by atoms with E-state index in [2.05, 4.69) is 19.9 Å². The molecule has 180 valence electrons. The predicted octanol–water partition coefficient (Wildman–Crippen LogP) is 2.68. The van der Waals surface area contributed by atoms with Crippen LogP contribution in [-0.2, 0) is 19.0 Å². The summed E-state index contributed by atoms with van der Waals surface area (Å²) in [7, 11) is -3.77. The smallest absolute Gasteiger partial charge is 0.264 e. The summed E-state index contributed by atoms with van der Waals surface area (Å²) in [5.41, 5.74) is 6.78. The van der Waals surface area contributed by atoms with Gasteiger partial charge in [-0.2, -0.15) is 13.4 Å². The summed E-state index contributed by atoms with van der Waals surface area (Å²) in [6.07, 6.45) is 2.91. The molecule has 0 aliphatic carbocycles. The Morgan fingerprint density at radius 3 is 2.52 bits per heavy atom. The van der Waals surface area contributed by atoms with Crippen molar-refractivity contribution < 1.29 is 18.7 Å². The fourth-order valence-electron chi connectivity index (χ4n) is 2.77. The predicted molar refractivity (Wildman–Crippen MR) is 129 cm³/mol. The van der Waals surface area contributed by atoms with Crippen molar-refractivity contribution in [2.24, 2.45) is 5.73 Å². The summed E-state index contributed by atoms with van der Waals surface area (Å²) in [5, 5.41) is 0. The van der Waals surface area contributed by atoms with Gasteiger partial charge in [0, 0.05) is 23.6 Å². The van der Waals surface area contributed by atoms with Crippen molar-refractivity contribution >= 4 is 32.9 Å².